The number of amides is 1. The number of aromatic nitrogens is 3. The van der Waals surface area contributed by atoms with Gasteiger partial charge in [-0.05, 0) is 25.8 Å². The van der Waals surface area contributed by atoms with E-state index in [9.17, 15) is 4.79 Å². The first-order valence-electron chi connectivity index (χ1n) is 7.28. The highest BCUT2D eigenvalue weighted by molar-refractivity contribution is 8.00. The van der Waals surface area contributed by atoms with Crippen LogP contribution in [0.15, 0.2) is 21.9 Å². The molecule has 1 amide bonds. The lowest BCUT2D eigenvalue weighted by molar-refractivity contribution is -0.120. The van der Waals surface area contributed by atoms with Crippen LogP contribution in [0.5, 0.6) is 0 Å². The van der Waals surface area contributed by atoms with Crippen molar-refractivity contribution in [3.05, 3.63) is 18.1 Å². The first kappa shape index (κ1) is 16.6. The van der Waals surface area contributed by atoms with E-state index in [-0.39, 0.29) is 11.2 Å². The Labute approximate surface area is 134 Å². The number of nitrogens with one attached hydrogen (secondary N) is 1. The minimum absolute atomic E-state index is 0.0164. The predicted octanol–water partition coefficient (Wildman–Crippen LogP) is 2.64. The van der Waals surface area contributed by atoms with Gasteiger partial charge in [-0.3, -0.25) is 4.79 Å². The molecule has 1 atom stereocenters. The van der Waals surface area contributed by atoms with Gasteiger partial charge in [0.25, 0.3) is 0 Å². The first-order valence-corrected chi connectivity index (χ1v) is 8.16. The number of carbonyl (C=O) groups excluding carboxylic acids is 1. The number of hydrogen-bond acceptors (Lipinski definition) is 5. The lowest BCUT2D eigenvalue weighted by atomic mass is 10.2. The van der Waals surface area contributed by atoms with E-state index in [0.717, 1.165) is 17.1 Å². The Hall–Kier alpha value is -1.76. The van der Waals surface area contributed by atoms with E-state index in [1.165, 1.54) is 11.8 Å². The highest BCUT2D eigenvalue weighted by Gasteiger charge is 2.20. The Morgan fingerprint density at radius 2 is 2.14 bits per heavy atom. The van der Waals surface area contributed by atoms with Crippen molar-refractivity contribution < 1.29 is 9.21 Å². The third-order valence-corrected chi connectivity index (χ3v) is 4.40. The van der Waals surface area contributed by atoms with Crippen LogP contribution in [0.4, 0.5) is 0 Å². The number of rotatable bonds is 6. The largest absolute Gasteiger partial charge is 0.469 e. The van der Waals surface area contributed by atoms with Gasteiger partial charge in [-0.1, -0.05) is 25.6 Å². The zero-order chi connectivity index (χ0) is 16.3. The molecule has 0 aliphatic carbocycles. The summed E-state index contributed by atoms with van der Waals surface area (Å²) in [5, 5.41) is 11.8. The van der Waals surface area contributed by atoms with E-state index < -0.39 is 0 Å². The maximum Gasteiger partial charge on any atom is 0.233 e. The third-order valence-electron chi connectivity index (χ3n) is 3.27. The second-order valence-corrected chi connectivity index (χ2v) is 6.96. The molecule has 0 aromatic carbocycles. The molecule has 1 N–H and O–H groups in total. The first-order chi connectivity index (χ1) is 10.4. The van der Waals surface area contributed by atoms with Crippen molar-refractivity contribution in [1.82, 2.24) is 20.1 Å². The zero-order valence-corrected chi connectivity index (χ0v) is 14.4. The van der Waals surface area contributed by atoms with Gasteiger partial charge in [0.1, 0.15) is 5.76 Å². The molecule has 2 heterocycles. The average Bonchev–Trinajstić information content (AvgIpc) is 3.03. The predicted molar refractivity (Wildman–Crippen MR) is 86.6 cm³/mol. The quantitative estimate of drug-likeness (QED) is 0.828. The fourth-order valence-corrected chi connectivity index (χ4v) is 2.77. The van der Waals surface area contributed by atoms with Crippen LogP contribution in [0.25, 0.3) is 11.4 Å². The lowest BCUT2D eigenvalue weighted by Crippen LogP contribution is -2.33. The standard InChI is InChI=1S/C15H22N4O2S/c1-9(2)8-16-14(20)11(4)22-15-18-17-13(19(15)5)12-6-7-21-10(12)3/h6-7,9,11H,8H2,1-5H3,(H,16,20). The molecule has 0 saturated heterocycles. The van der Waals surface area contributed by atoms with Gasteiger partial charge in [-0.2, -0.15) is 0 Å². The van der Waals surface area contributed by atoms with E-state index in [1.807, 2.05) is 31.5 Å². The molecule has 0 aliphatic heterocycles. The Morgan fingerprint density at radius 1 is 1.41 bits per heavy atom. The molecule has 1 unspecified atom stereocenters. The summed E-state index contributed by atoms with van der Waals surface area (Å²) >= 11 is 1.40. The number of carbonyl (C=O) groups is 1. The summed E-state index contributed by atoms with van der Waals surface area (Å²) < 4.78 is 7.19. The maximum atomic E-state index is 12.0. The van der Waals surface area contributed by atoms with Crippen LogP contribution < -0.4 is 5.32 Å². The number of nitrogens with zero attached hydrogens (tertiary/aromatic N) is 3. The summed E-state index contributed by atoms with van der Waals surface area (Å²) in [6.07, 6.45) is 1.63. The van der Waals surface area contributed by atoms with E-state index >= 15 is 0 Å². The van der Waals surface area contributed by atoms with Crippen LogP contribution in [-0.4, -0.2) is 32.5 Å². The molecular formula is C15H22N4O2S. The van der Waals surface area contributed by atoms with Crippen molar-refractivity contribution >= 4 is 17.7 Å². The molecule has 0 fully saturated rings. The van der Waals surface area contributed by atoms with Crippen molar-refractivity contribution in [2.24, 2.45) is 13.0 Å². The number of aryl methyl sites for hydroxylation is 1. The fraction of sp³-hybridized carbons (Fsp3) is 0.533. The molecule has 2 rings (SSSR count). The van der Waals surface area contributed by atoms with Crippen molar-refractivity contribution in [3.8, 4) is 11.4 Å². The Morgan fingerprint density at radius 3 is 2.73 bits per heavy atom. The minimum Gasteiger partial charge on any atom is -0.469 e. The van der Waals surface area contributed by atoms with Gasteiger partial charge < -0.3 is 14.3 Å². The summed E-state index contributed by atoms with van der Waals surface area (Å²) in [4.78, 5) is 12.0. The minimum atomic E-state index is -0.222. The van der Waals surface area contributed by atoms with Gasteiger partial charge in [0.05, 0.1) is 17.1 Å². The number of thioether (sulfide) groups is 1. The smallest absolute Gasteiger partial charge is 0.233 e. The molecule has 0 saturated carbocycles. The summed E-state index contributed by atoms with van der Waals surface area (Å²) in [5.74, 6) is 1.99. The molecule has 6 nitrogen and oxygen atoms in total. The van der Waals surface area contributed by atoms with Crippen LogP contribution in [0.1, 0.15) is 26.5 Å². The Balaban J connectivity index is 2.07. The van der Waals surface area contributed by atoms with Crippen molar-refractivity contribution in [1.29, 1.82) is 0 Å². The Bertz CT molecular complexity index is 648. The van der Waals surface area contributed by atoms with Crippen molar-refractivity contribution in [2.75, 3.05) is 6.54 Å². The van der Waals surface area contributed by atoms with Crippen molar-refractivity contribution in [2.45, 2.75) is 38.1 Å². The second-order valence-electron chi connectivity index (χ2n) is 5.65. The molecule has 0 aliphatic rings. The van der Waals surface area contributed by atoms with Crippen LogP contribution in [0.3, 0.4) is 0 Å². The monoisotopic (exact) mass is 322 g/mol. The average molecular weight is 322 g/mol. The van der Waals surface area contributed by atoms with Gasteiger partial charge in [-0.15, -0.1) is 10.2 Å². The summed E-state index contributed by atoms with van der Waals surface area (Å²) in [7, 11) is 1.89. The van der Waals surface area contributed by atoms with Gasteiger partial charge in [0.2, 0.25) is 5.91 Å². The lowest BCUT2D eigenvalue weighted by Gasteiger charge is -2.12. The van der Waals surface area contributed by atoms with E-state index in [4.69, 9.17) is 4.42 Å². The Kier molecular flexibility index (Phi) is 5.28. The van der Waals surface area contributed by atoms with E-state index in [1.54, 1.807) is 6.26 Å². The molecule has 7 heteroatoms. The van der Waals surface area contributed by atoms with Gasteiger partial charge >= 0.3 is 0 Å². The fourth-order valence-electron chi connectivity index (χ4n) is 1.93. The summed E-state index contributed by atoms with van der Waals surface area (Å²) in [5.41, 5.74) is 0.916. The topological polar surface area (TPSA) is 72.9 Å². The zero-order valence-electron chi connectivity index (χ0n) is 13.6. The molecule has 0 spiro atoms. The molecular weight excluding hydrogens is 300 g/mol. The number of hydrogen-bond donors (Lipinski definition) is 1. The maximum absolute atomic E-state index is 12.0. The highest BCUT2D eigenvalue weighted by atomic mass is 32.2. The van der Waals surface area contributed by atoms with Crippen molar-refractivity contribution in [3.63, 3.8) is 0 Å². The number of furan rings is 1. The second kappa shape index (κ2) is 7.00. The van der Waals surface area contributed by atoms with Crippen LogP contribution in [0.2, 0.25) is 0 Å². The highest BCUT2D eigenvalue weighted by Crippen LogP contribution is 2.27. The normalized spacial score (nSPS) is 12.6. The van der Waals surface area contributed by atoms with E-state index in [2.05, 4.69) is 29.4 Å². The molecule has 2 aromatic heterocycles. The van der Waals surface area contributed by atoms with Gasteiger partial charge in [-0.25, -0.2) is 0 Å². The molecule has 0 bridgehead atoms. The van der Waals surface area contributed by atoms with Gasteiger partial charge in [0.15, 0.2) is 11.0 Å². The molecule has 2 aromatic rings. The summed E-state index contributed by atoms with van der Waals surface area (Å²) in [6.45, 7) is 8.58. The van der Waals surface area contributed by atoms with E-state index in [0.29, 0.717) is 17.6 Å². The molecule has 22 heavy (non-hydrogen) atoms. The van der Waals surface area contributed by atoms with Gasteiger partial charge in [0, 0.05) is 13.6 Å². The summed E-state index contributed by atoms with van der Waals surface area (Å²) in [6, 6.07) is 1.87. The molecule has 0 radical (unpaired) electrons. The van der Waals surface area contributed by atoms with Crippen LogP contribution in [0, 0.1) is 12.8 Å². The van der Waals surface area contributed by atoms with Crippen LogP contribution in [-0.2, 0) is 11.8 Å². The third kappa shape index (κ3) is 3.71. The molecule has 120 valence electrons. The SMILES string of the molecule is Cc1occc1-c1nnc(SC(C)C(=O)NCC(C)C)n1C. The van der Waals surface area contributed by atoms with Crippen LogP contribution >= 0.6 is 11.8 Å².